The number of Topliss-reactive ketones (excluding diaryl/α,β-unsaturated/α-hetero) is 1. The van der Waals surface area contributed by atoms with Crippen LogP contribution in [0.4, 0.5) is 0 Å². The second kappa shape index (κ2) is 7.90. The predicted molar refractivity (Wildman–Crippen MR) is 80.4 cm³/mol. The zero-order chi connectivity index (χ0) is 13.5. The highest BCUT2D eigenvalue weighted by Gasteiger charge is 2.10. The maximum absolute atomic E-state index is 11.9. The van der Waals surface area contributed by atoms with E-state index in [1.54, 1.807) is 36.0 Å². The van der Waals surface area contributed by atoms with E-state index >= 15 is 0 Å². The second-order valence-electron chi connectivity index (χ2n) is 4.44. The molecule has 0 aromatic heterocycles. The lowest BCUT2D eigenvalue weighted by Crippen LogP contribution is -2.37. The summed E-state index contributed by atoms with van der Waals surface area (Å²) in [4.78, 5) is 14.3. The molecule has 1 fully saturated rings. The van der Waals surface area contributed by atoms with Crippen molar-refractivity contribution < 1.29 is 9.53 Å². The maximum Gasteiger partial charge on any atom is 0.172 e. The van der Waals surface area contributed by atoms with Gasteiger partial charge in [0.25, 0.3) is 0 Å². The van der Waals surface area contributed by atoms with Gasteiger partial charge in [-0.1, -0.05) is 11.6 Å². The molecule has 0 bridgehead atoms. The van der Waals surface area contributed by atoms with Gasteiger partial charge in [-0.15, -0.1) is 0 Å². The Morgan fingerprint density at radius 2 is 1.95 bits per heavy atom. The number of hydrogen-bond acceptors (Lipinski definition) is 4. The molecule has 0 unspecified atom stereocenters. The highest BCUT2D eigenvalue weighted by atomic mass is 35.5. The Morgan fingerprint density at radius 1 is 1.26 bits per heavy atom. The quantitative estimate of drug-likeness (QED) is 0.596. The number of morpholine rings is 1. The molecule has 5 heteroatoms. The van der Waals surface area contributed by atoms with Gasteiger partial charge < -0.3 is 4.74 Å². The highest BCUT2D eigenvalue weighted by Crippen LogP contribution is 2.12. The van der Waals surface area contributed by atoms with Crippen molar-refractivity contribution in [3.63, 3.8) is 0 Å². The fourth-order valence-electron chi connectivity index (χ4n) is 1.90. The summed E-state index contributed by atoms with van der Waals surface area (Å²) in [5.74, 6) is 1.69. The van der Waals surface area contributed by atoms with Crippen molar-refractivity contribution in [2.45, 2.75) is 0 Å². The van der Waals surface area contributed by atoms with Crippen molar-refractivity contribution in [3.8, 4) is 0 Å². The first-order valence-corrected chi connectivity index (χ1v) is 7.95. The fourth-order valence-corrected chi connectivity index (χ4v) is 2.91. The van der Waals surface area contributed by atoms with Crippen LogP contribution in [-0.2, 0) is 4.74 Å². The largest absolute Gasteiger partial charge is 0.379 e. The van der Waals surface area contributed by atoms with E-state index in [0.29, 0.717) is 10.8 Å². The topological polar surface area (TPSA) is 29.5 Å². The monoisotopic (exact) mass is 299 g/mol. The molecule has 0 aliphatic carbocycles. The molecule has 0 spiro atoms. The SMILES string of the molecule is O=C(CSCCN1CCOCC1)c1ccc(Cl)cc1. The van der Waals surface area contributed by atoms with Gasteiger partial charge in [0.15, 0.2) is 5.78 Å². The number of nitrogens with zero attached hydrogens (tertiary/aromatic N) is 1. The third-order valence-electron chi connectivity index (χ3n) is 3.05. The van der Waals surface area contributed by atoms with E-state index in [1.165, 1.54) is 0 Å². The lowest BCUT2D eigenvalue weighted by atomic mass is 10.1. The van der Waals surface area contributed by atoms with Gasteiger partial charge in [0, 0.05) is 36.0 Å². The third-order valence-corrected chi connectivity index (χ3v) is 4.24. The zero-order valence-corrected chi connectivity index (χ0v) is 12.4. The molecule has 0 amide bonds. The summed E-state index contributed by atoms with van der Waals surface area (Å²) in [7, 11) is 0. The maximum atomic E-state index is 11.9. The minimum absolute atomic E-state index is 0.170. The summed E-state index contributed by atoms with van der Waals surface area (Å²) in [6.07, 6.45) is 0. The number of hydrogen-bond donors (Lipinski definition) is 0. The number of carbonyl (C=O) groups is 1. The number of halogens is 1. The molecule has 0 saturated carbocycles. The normalized spacial score (nSPS) is 16.5. The molecule has 2 rings (SSSR count). The summed E-state index contributed by atoms with van der Waals surface area (Å²) >= 11 is 7.49. The van der Waals surface area contributed by atoms with Crippen molar-refractivity contribution in [1.82, 2.24) is 4.90 Å². The number of ketones is 1. The molecular formula is C14H18ClNO2S. The van der Waals surface area contributed by atoms with Crippen molar-refractivity contribution >= 4 is 29.1 Å². The van der Waals surface area contributed by atoms with Crippen LogP contribution in [0.2, 0.25) is 5.02 Å². The Balaban J connectivity index is 1.64. The van der Waals surface area contributed by atoms with Gasteiger partial charge in [-0.2, -0.15) is 11.8 Å². The van der Waals surface area contributed by atoms with Crippen LogP contribution in [0, 0.1) is 0 Å². The first kappa shape index (κ1) is 14.9. The number of thioether (sulfide) groups is 1. The second-order valence-corrected chi connectivity index (χ2v) is 5.98. The Bertz CT molecular complexity index is 404. The smallest absolute Gasteiger partial charge is 0.172 e. The van der Waals surface area contributed by atoms with Crippen LogP contribution >= 0.6 is 23.4 Å². The number of ether oxygens (including phenoxy) is 1. The standard InChI is InChI=1S/C14H18ClNO2S/c15-13-3-1-12(2-4-13)14(17)11-19-10-7-16-5-8-18-9-6-16/h1-4H,5-11H2. The summed E-state index contributed by atoms with van der Waals surface area (Å²) < 4.78 is 5.30. The minimum Gasteiger partial charge on any atom is -0.379 e. The number of rotatable bonds is 6. The summed E-state index contributed by atoms with van der Waals surface area (Å²) in [5, 5.41) is 0.663. The zero-order valence-electron chi connectivity index (χ0n) is 10.8. The first-order valence-electron chi connectivity index (χ1n) is 6.42. The highest BCUT2D eigenvalue weighted by molar-refractivity contribution is 8.00. The predicted octanol–water partition coefficient (Wildman–Crippen LogP) is 2.59. The molecular weight excluding hydrogens is 282 g/mol. The number of benzene rings is 1. The van der Waals surface area contributed by atoms with Gasteiger partial charge in [0.1, 0.15) is 0 Å². The van der Waals surface area contributed by atoms with Crippen molar-refractivity contribution in [1.29, 1.82) is 0 Å². The molecule has 0 atom stereocenters. The van der Waals surface area contributed by atoms with Crippen LogP contribution in [0.25, 0.3) is 0 Å². The molecule has 1 aliphatic rings. The van der Waals surface area contributed by atoms with Crippen molar-refractivity contribution in [3.05, 3.63) is 34.9 Å². The van der Waals surface area contributed by atoms with Crippen LogP contribution in [0.3, 0.4) is 0 Å². The molecule has 1 saturated heterocycles. The summed E-state index contributed by atoms with van der Waals surface area (Å²) in [6.45, 7) is 4.70. The van der Waals surface area contributed by atoms with E-state index in [0.717, 1.165) is 44.2 Å². The Morgan fingerprint density at radius 3 is 2.63 bits per heavy atom. The lowest BCUT2D eigenvalue weighted by Gasteiger charge is -2.26. The van der Waals surface area contributed by atoms with E-state index in [2.05, 4.69) is 4.90 Å². The van der Waals surface area contributed by atoms with Crippen LogP contribution in [-0.4, -0.2) is 55.0 Å². The van der Waals surface area contributed by atoms with Gasteiger partial charge >= 0.3 is 0 Å². The molecule has 0 N–H and O–H groups in total. The molecule has 1 aromatic carbocycles. The van der Waals surface area contributed by atoms with Gasteiger partial charge in [-0.3, -0.25) is 9.69 Å². The van der Waals surface area contributed by atoms with Crippen LogP contribution in [0.5, 0.6) is 0 Å². The van der Waals surface area contributed by atoms with Crippen LogP contribution in [0.1, 0.15) is 10.4 Å². The van der Waals surface area contributed by atoms with Gasteiger partial charge in [-0.05, 0) is 24.3 Å². The molecule has 19 heavy (non-hydrogen) atoms. The average Bonchev–Trinajstić information content (AvgIpc) is 2.45. The number of carbonyl (C=O) groups excluding carboxylic acids is 1. The van der Waals surface area contributed by atoms with Crippen molar-refractivity contribution in [2.75, 3.05) is 44.4 Å². The van der Waals surface area contributed by atoms with Crippen LogP contribution < -0.4 is 0 Å². The molecule has 1 aromatic rings. The Hall–Kier alpha value is -0.550. The minimum atomic E-state index is 0.170. The molecule has 1 heterocycles. The van der Waals surface area contributed by atoms with E-state index in [-0.39, 0.29) is 5.78 Å². The first-order chi connectivity index (χ1) is 9.25. The summed E-state index contributed by atoms with van der Waals surface area (Å²) in [5.41, 5.74) is 0.739. The van der Waals surface area contributed by atoms with Gasteiger partial charge in [0.05, 0.1) is 19.0 Å². The van der Waals surface area contributed by atoms with E-state index in [9.17, 15) is 4.79 Å². The fraction of sp³-hybridized carbons (Fsp3) is 0.500. The van der Waals surface area contributed by atoms with E-state index in [1.807, 2.05) is 0 Å². The molecule has 0 radical (unpaired) electrons. The Labute approximate surface area is 123 Å². The third kappa shape index (κ3) is 5.15. The summed E-state index contributed by atoms with van der Waals surface area (Å²) in [6, 6.07) is 7.08. The van der Waals surface area contributed by atoms with Gasteiger partial charge in [-0.25, -0.2) is 0 Å². The van der Waals surface area contributed by atoms with E-state index in [4.69, 9.17) is 16.3 Å². The average molecular weight is 300 g/mol. The van der Waals surface area contributed by atoms with E-state index < -0.39 is 0 Å². The molecule has 1 aliphatic heterocycles. The Kier molecular flexibility index (Phi) is 6.17. The van der Waals surface area contributed by atoms with Gasteiger partial charge in [0.2, 0.25) is 0 Å². The lowest BCUT2D eigenvalue weighted by molar-refractivity contribution is 0.0410. The molecule has 104 valence electrons. The molecule has 3 nitrogen and oxygen atoms in total. The van der Waals surface area contributed by atoms with Crippen LogP contribution in [0.15, 0.2) is 24.3 Å². The van der Waals surface area contributed by atoms with Crippen molar-refractivity contribution in [2.24, 2.45) is 0 Å².